The fourth-order valence-corrected chi connectivity index (χ4v) is 2.19. The van der Waals surface area contributed by atoms with Gasteiger partial charge in [0.25, 0.3) is 0 Å². The van der Waals surface area contributed by atoms with Crippen molar-refractivity contribution in [2.24, 2.45) is 0 Å². The molecule has 24 heavy (non-hydrogen) atoms. The van der Waals surface area contributed by atoms with E-state index >= 15 is 0 Å². The summed E-state index contributed by atoms with van der Waals surface area (Å²) in [5.74, 6) is 0.0806. The van der Waals surface area contributed by atoms with Crippen LogP contribution in [0.1, 0.15) is 30.0 Å². The highest BCUT2D eigenvalue weighted by Crippen LogP contribution is 2.19. The maximum atomic E-state index is 12.3. The largest absolute Gasteiger partial charge is 0.508 e. The topological polar surface area (TPSA) is 98.6 Å². The summed E-state index contributed by atoms with van der Waals surface area (Å²) in [6.07, 6.45) is 2.39. The number of benzene rings is 1. The fraction of sp³-hybridized carbons (Fsp3) is 0.353. The summed E-state index contributed by atoms with van der Waals surface area (Å²) in [7, 11) is 0. The molecule has 0 fully saturated rings. The molecule has 128 valence electrons. The van der Waals surface area contributed by atoms with Crippen molar-refractivity contribution in [3.63, 3.8) is 0 Å². The highest BCUT2D eigenvalue weighted by Gasteiger charge is 2.17. The minimum atomic E-state index is -0.873. The normalized spacial score (nSPS) is 11.8. The molecule has 1 unspecified atom stereocenters. The number of amides is 2. The van der Waals surface area contributed by atoms with Crippen LogP contribution in [0.4, 0.5) is 4.79 Å². The van der Waals surface area contributed by atoms with Crippen LogP contribution < -0.4 is 5.32 Å². The summed E-state index contributed by atoms with van der Waals surface area (Å²) in [5.41, 5.74) is 2.04. The van der Waals surface area contributed by atoms with E-state index in [0.29, 0.717) is 17.8 Å². The number of aromatic hydroxyl groups is 1. The van der Waals surface area contributed by atoms with E-state index in [9.17, 15) is 15.0 Å². The van der Waals surface area contributed by atoms with Crippen LogP contribution >= 0.6 is 0 Å². The van der Waals surface area contributed by atoms with E-state index in [1.54, 1.807) is 24.5 Å². The third kappa shape index (κ3) is 4.92. The lowest BCUT2D eigenvalue weighted by atomic mass is 10.1. The predicted molar refractivity (Wildman–Crippen MR) is 89.3 cm³/mol. The number of hydrogen-bond donors (Lipinski definition) is 3. The van der Waals surface area contributed by atoms with Gasteiger partial charge < -0.3 is 20.4 Å². The number of nitrogens with zero attached hydrogens (tertiary/aromatic N) is 3. The van der Waals surface area contributed by atoms with E-state index < -0.39 is 6.10 Å². The number of carbonyl (C=O) groups excluding carboxylic acids is 1. The van der Waals surface area contributed by atoms with Crippen LogP contribution in [0, 0.1) is 6.92 Å². The Morgan fingerprint density at radius 1 is 1.33 bits per heavy atom. The molecule has 0 bridgehead atoms. The summed E-state index contributed by atoms with van der Waals surface area (Å²) in [5, 5.41) is 22.5. The number of aromatic nitrogens is 2. The molecule has 7 heteroatoms. The first-order valence-electron chi connectivity index (χ1n) is 7.77. The van der Waals surface area contributed by atoms with E-state index in [2.05, 4.69) is 15.3 Å². The molecule has 0 radical (unpaired) electrons. The van der Waals surface area contributed by atoms with Gasteiger partial charge in [-0.3, -0.25) is 9.97 Å². The lowest BCUT2D eigenvalue weighted by Crippen LogP contribution is -2.41. The zero-order chi connectivity index (χ0) is 17.5. The van der Waals surface area contributed by atoms with Crippen molar-refractivity contribution < 1.29 is 15.0 Å². The van der Waals surface area contributed by atoms with Crippen LogP contribution in [-0.2, 0) is 6.54 Å². The van der Waals surface area contributed by atoms with Crippen LogP contribution in [0.15, 0.2) is 36.7 Å². The maximum absolute atomic E-state index is 12.3. The molecule has 3 N–H and O–H groups in total. The predicted octanol–water partition coefficient (Wildman–Crippen LogP) is 1.76. The summed E-state index contributed by atoms with van der Waals surface area (Å²) in [6, 6.07) is 6.08. The van der Waals surface area contributed by atoms with Gasteiger partial charge in [0.15, 0.2) is 0 Å². The number of urea groups is 1. The van der Waals surface area contributed by atoms with Gasteiger partial charge in [0.05, 0.1) is 36.8 Å². The average Bonchev–Trinajstić information content (AvgIpc) is 2.58. The van der Waals surface area contributed by atoms with Crippen LogP contribution in [-0.4, -0.2) is 44.2 Å². The molecule has 1 aromatic heterocycles. The standard InChI is InChI=1S/C17H22N4O3/c1-3-21(11-16(23)13-5-4-6-15(22)7-13)17(24)20-10-14-9-18-12(2)8-19-14/h4-9,16,22-23H,3,10-11H2,1-2H3,(H,20,24). The van der Waals surface area contributed by atoms with E-state index in [1.807, 2.05) is 13.8 Å². The van der Waals surface area contributed by atoms with Crippen LogP contribution in [0.3, 0.4) is 0 Å². The van der Waals surface area contributed by atoms with Gasteiger partial charge in [-0.15, -0.1) is 0 Å². The van der Waals surface area contributed by atoms with Gasteiger partial charge in [-0.05, 0) is 31.5 Å². The van der Waals surface area contributed by atoms with Gasteiger partial charge in [0.2, 0.25) is 0 Å². The number of aliphatic hydroxyl groups is 1. The summed E-state index contributed by atoms with van der Waals surface area (Å²) in [6.45, 7) is 4.52. The quantitative estimate of drug-likeness (QED) is 0.749. The molecule has 2 amide bonds. The molecule has 0 saturated carbocycles. The first kappa shape index (κ1) is 17.7. The molecule has 0 aliphatic rings. The number of likely N-dealkylation sites (N-methyl/N-ethyl adjacent to an activating group) is 1. The molecule has 0 saturated heterocycles. The second-order valence-corrected chi connectivity index (χ2v) is 5.46. The van der Waals surface area contributed by atoms with E-state index in [4.69, 9.17) is 0 Å². The number of phenols is 1. The molecule has 7 nitrogen and oxygen atoms in total. The number of rotatable bonds is 6. The Kier molecular flexibility index (Phi) is 6.08. The Bertz CT molecular complexity index is 676. The number of carbonyl (C=O) groups is 1. The summed E-state index contributed by atoms with van der Waals surface area (Å²) < 4.78 is 0. The van der Waals surface area contributed by atoms with Crippen molar-refractivity contribution in [3.05, 3.63) is 53.6 Å². The number of aliphatic hydroxyl groups excluding tert-OH is 1. The maximum Gasteiger partial charge on any atom is 0.317 e. The van der Waals surface area contributed by atoms with Crippen LogP contribution in [0.2, 0.25) is 0 Å². The lowest BCUT2D eigenvalue weighted by Gasteiger charge is -2.24. The van der Waals surface area contributed by atoms with E-state index in [0.717, 1.165) is 5.69 Å². The molecule has 1 aromatic carbocycles. The fourth-order valence-electron chi connectivity index (χ4n) is 2.19. The zero-order valence-corrected chi connectivity index (χ0v) is 13.8. The molecule has 0 aliphatic heterocycles. The van der Waals surface area contributed by atoms with Crippen molar-refractivity contribution in [1.82, 2.24) is 20.2 Å². The van der Waals surface area contributed by atoms with Crippen molar-refractivity contribution in [3.8, 4) is 5.75 Å². The van der Waals surface area contributed by atoms with E-state index in [1.165, 1.54) is 17.0 Å². The van der Waals surface area contributed by atoms with Gasteiger partial charge in [-0.25, -0.2) is 4.79 Å². The Morgan fingerprint density at radius 2 is 2.12 bits per heavy atom. The molecule has 0 spiro atoms. The third-order valence-corrected chi connectivity index (χ3v) is 3.57. The lowest BCUT2D eigenvalue weighted by molar-refractivity contribution is 0.123. The Balaban J connectivity index is 1.92. The van der Waals surface area contributed by atoms with Crippen molar-refractivity contribution in [1.29, 1.82) is 0 Å². The molecule has 1 heterocycles. The second-order valence-electron chi connectivity index (χ2n) is 5.46. The molecule has 1 atom stereocenters. The number of nitrogens with one attached hydrogen (secondary N) is 1. The second kappa shape index (κ2) is 8.26. The Hall–Kier alpha value is -2.67. The molecular formula is C17H22N4O3. The monoisotopic (exact) mass is 330 g/mol. The van der Waals surface area contributed by atoms with Gasteiger partial charge >= 0.3 is 6.03 Å². The number of aryl methyl sites for hydroxylation is 1. The molecule has 2 rings (SSSR count). The minimum absolute atomic E-state index is 0.0806. The van der Waals surface area contributed by atoms with Gasteiger partial charge in [0.1, 0.15) is 5.75 Å². The third-order valence-electron chi connectivity index (χ3n) is 3.57. The first-order chi connectivity index (χ1) is 11.5. The minimum Gasteiger partial charge on any atom is -0.508 e. The van der Waals surface area contributed by atoms with Crippen molar-refractivity contribution in [2.45, 2.75) is 26.5 Å². The average molecular weight is 330 g/mol. The molecule has 2 aromatic rings. The molecular weight excluding hydrogens is 308 g/mol. The number of phenolic OH excluding ortho intramolecular Hbond substituents is 1. The highest BCUT2D eigenvalue weighted by molar-refractivity contribution is 5.74. The van der Waals surface area contributed by atoms with E-state index in [-0.39, 0.29) is 24.9 Å². The summed E-state index contributed by atoms with van der Waals surface area (Å²) >= 11 is 0. The zero-order valence-electron chi connectivity index (χ0n) is 13.8. The Labute approximate surface area is 141 Å². The van der Waals surface area contributed by atoms with Gasteiger partial charge in [0, 0.05) is 12.7 Å². The molecule has 0 aliphatic carbocycles. The summed E-state index contributed by atoms with van der Waals surface area (Å²) in [4.78, 5) is 22.1. The van der Waals surface area contributed by atoms with Crippen LogP contribution in [0.25, 0.3) is 0 Å². The Morgan fingerprint density at radius 3 is 2.75 bits per heavy atom. The number of hydrogen-bond acceptors (Lipinski definition) is 5. The smallest absolute Gasteiger partial charge is 0.317 e. The SMILES string of the molecule is CCN(CC(O)c1cccc(O)c1)C(=O)NCc1cnc(C)cn1. The highest BCUT2D eigenvalue weighted by atomic mass is 16.3. The van der Waals surface area contributed by atoms with Crippen molar-refractivity contribution >= 4 is 6.03 Å². The van der Waals surface area contributed by atoms with Gasteiger partial charge in [-0.1, -0.05) is 12.1 Å². The van der Waals surface area contributed by atoms with Crippen LogP contribution in [0.5, 0.6) is 5.75 Å². The van der Waals surface area contributed by atoms with Crippen molar-refractivity contribution in [2.75, 3.05) is 13.1 Å². The first-order valence-corrected chi connectivity index (χ1v) is 7.77. The van der Waals surface area contributed by atoms with Gasteiger partial charge in [-0.2, -0.15) is 0 Å².